The fraction of sp³-hybridized carbons (Fsp3) is 0.438. The summed E-state index contributed by atoms with van der Waals surface area (Å²) < 4.78 is 5.29. The topological polar surface area (TPSA) is 68.1 Å². The predicted molar refractivity (Wildman–Crippen MR) is 80.4 cm³/mol. The zero-order valence-corrected chi connectivity index (χ0v) is 12.3. The van der Waals surface area contributed by atoms with Crippen molar-refractivity contribution in [1.29, 1.82) is 0 Å². The number of esters is 1. The molecule has 2 aromatic rings. The first-order chi connectivity index (χ1) is 9.37. The molecule has 0 saturated carbocycles. The van der Waals surface area contributed by atoms with Crippen LogP contribution in [0.1, 0.15) is 32.8 Å². The Hall–Kier alpha value is -1.81. The van der Waals surface area contributed by atoms with Gasteiger partial charge in [-0.2, -0.15) is 0 Å². The molecule has 2 rings (SSSR count). The number of aryl methyl sites for hydroxylation is 1. The van der Waals surface area contributed by atoms with Gasteiger partial charge in [0.1, 0.15) is 11.6 Å². The smallest absolute Gasteiger partial charge is 0.323 e. The summed E-state index contributed by atoms with van der Waals surface area (Å²) in [5.41, 5.74) is 7.69. The Labute approximate surface area is 119 Å². The molecule has 108 valence electrons. The van der Waals surface area contributed by atoms with E-state index in [2.05, 4.69) is 11.1 Å². The van der Waals surface area contributed by atoms with E-state index in [-0.39, 0.29) is 5.97 Å². The monoisotopic (exact) mass is 274 g/mol. The second-order valence-electron chi connectivity index (χ2n) is 6.04. The first-order valence-electron chi connectivity index (χ1n) is 6.90. The van der Waals surface area contributed by atoms with Crippen molar-refractivity contribution in [3.63, 3.8) is 0 Å². The van der Waals surface area contributed by atoms with Crippen LogP contribution in [0.2, 0.25) is 0 Å². The van der Waals surface area contributed by atoms with E-state index in [1.807, 2.05) is 45.2 Å². The van der Waals surface area contributed by atoms with Crippen LogP contribution < -0.4 is 5.73 Å². The number of ether oxygens (including phenoxy) is 1. The van der Waals surface area contributed by atoms with Gasteiger partial charge >= 0.3 is 5.97 Å². The summed E-state index contributed by atoms with van der Waals surface area (Å²) in [6.07, 6.45) is 3.31. The summed E-state index contributed by atoms with van der Waals surface area (Å²) in [7, 11) is 0. The molecule has 0 saturated heterocycles. The van der Waals surface area contributed by atoms with Crippen LogP contribution in [-0.2, 0) is 16.0 Å². The van der Waals surface area contributed by atoms with Gasteiger partial charge in [-0.1, -0.05) is 18.2 Å². The number of hydrogen-bond acceptors (Lipinski definition) is 3. The van der Waals surface area contributed by atoms with Crippen molar-refractivity contribution in [2.75, 3.05) is 0 Å². The molecular weight excluding hydrogens is 252 g/mol. The fourth-order valence-electron chi connectivity index (χ4n) is 2.14. The lowest BCUT2D eigenvalue weighted by Crippen LogP contribution is -2.37. The standard InChI is InChI=1S/C16H22N2O2/c1-16(2,3)20-15(19)13(17)9-8-11-10-18-14-7-5-4-6-12(11)14/h4-7,10,13,18H,8-9,17H2,1-3H3. The summed E-state index contributed by atoms with van der Waals surface area (Å²) >= 11 is 0. The molecule has 1 aromatic carbocycles. The van der Waals surface area contributed by atoms with Crippen LogP contribution in [0.15, 0.2) is 30.5 Å². The number of para-hydroxylation sites is 1. The maximum Gasteiger partial charge on any atom is 0.323 e. The average molecular weight is 274 g/mol. The summed E-state index contributed by atoms with van der Waals surface area (Å²) in [4.78, 5) is 15.0. The van der Waals surface area contributed by atoms with E-state index in [0.29, 0.717) is 6.42 Å². The second kappa shape index (κ2) is 5.67. The molecular formula is C16H22N2O2. The second-order valence-corrected chi connectivity index (χ2v) is 6.04. The Kier molecular flexibility index (Phi) is 4.14. The Morgan fingerprint density at radius 1 is 1.35 bits per heavy atom. The number of carbonyl (C=O) groups excluding carboxylic acids is 1. The van der Waals surface area contributed by atoms with Crippen molar-refractivity contribution in [3.8, 4) is 0 Å². The number of nitrogens with two attached hydrogens (primary N) is 1. The summed E-state index contributed by atoms with van der Waals surface area (Å²) in [5, 5.41) is 1.18. The molecule has 1 heterocycles. The zero-order chi connectivity index (χ0) is 14.8. The number of fused-ring (bicyclic) bond motifs is 1. The SMILES string of the molecule is CC(C)(C)OC(=O)C(N)CCc1c[nH]c2ccccc12. The maximum atomic E-state index is 11.8. The number of aromatic amines is 1. The zero-order valence-electron chi connectivity index (χ0n) is 12.3. The number of nitrogens with one attached hydrogen (secondary N) is 1. The van der Waals surface area contributed by atoms with Crippen LogP contribution in [0, 0.1) is 0 Å². The largest absolute Gasteiger partial charge is 0.459 e. The molecule has 1 aromatic heterocycles. The third kappa shape index (κ3) is 3.61. The van der Waals surface area contributed by atoms with Gasteiger partial charge in [-0.3, -0.25) is 4.79 Å². The van der Waals surface area contributed by atoms with Crippen LogP contribution >= 0.6 is 0 Å². The molecule has 0 aliphatic heterocycles. The number of hydrogen-bond donors (Lipinski definition) is 2. The number of aromatic nitrogens is 1. The predicted octanol–water partition coefficient (Wildman–Crippen LogP) is 2.77. The minimum absolute atomic E-state index is 0.336. The number of rotatable bonds is 4. The Balaban J connectivity index is 1.96. The minimum atomic E-state index is -0.581. The molecule has 4 heteroatoms. The van der Waals surface area contributed by atoms with Crippen molar-refractivity contribution in [3.05, 3.63) is 36.0 Å². The molecule has 0 fully saturated rings. The molecule has 1 atom stereocenters. The Morgan fingerprint density at radius 2 is 2.05 bits per heavy atom. The van der Waals surface area contributed by atoms with Gasteiger partial charge in [0.2, 0.25) is 0 Å². The Bertz CT molecular complexity index is 596. The van der Waals surface area contributed by atoms with Gasteiger partial charge in [0.25, 0.3) is 0 Å². The number of carbonyl (C=O) groups is 1. The van der Waals surface area contributed by atoms with Crippen LogP contribution in [-0.4, -0.2) is 22.6 Å². The van der Waals surface area contributed by atoms with Crippen LogP contribution in [0.25, 0.3) is 10.9 Å². The molecule has 3 N–H and O–H groups in total. The molecule has 20 heavy (non-hydrogen) atoms. The highest BCUT2D eigenvalue weighted by molar-refractivity contribution is 5.83. The summed E-state index contributed by atoms with van der Waals surface area (Å²) in [6, 6.07) is 7.53. The van der Waals surface area contributed by atoms with Gasteiger partial charge in [-0.15, -0.1) is 0 Å². The van der Waals surface area contributed by atoms with E-state index in [4.69, 9.17) is 10.5 Å². The van der Waals surface area contributed by atoms with E-state index >= 15 is 0 Å². The number of H-pyrrole nitrogens is 1. The van der Waals surface area contributed by atoms with Crippen molar-refractivity contribution < 1.29 is 9.53 Å². The maximum absolute atomic E-state index is 11.8. The van der Waals surface area contributed by atoms with Crippen LogP contribution in [0.3, 0.4) is 0 Å². The molecule has 0 aliphatic rings. The van der Waals surface area contributed by atoms with E-state index in [1.165, 1.54) is 10.9 Å². The van der Waals surface area contributed by atoms with Gasteiger partial charge in [0.15, 0.2) is 0 Å². The molecule has 0 bridgehead atoms. The van der Waals surface area contributed by atoms with Gasteiger partial charge in [0, 0.05) is 17.1 Å². The van der Waals surface area contributed by atoms with Crippen LogP contribution in [0.5, 0.6) is 0 Å². The fourth-order valence-corrected chi connectivity index (χ4v) is 2.14. The van der Waals surface area contributed by atoms with E-state index < -0.39 is 11.6 Å². The molecule has 0 amide bonds. The van der Waals surface area contributed by atoms with Gasteiger partial charge in [-0.25, -0.2) is 0 Å². The van der Waals surface area contributed by atoms with Crippen molar-refractivity contribution in [1.82, 2.24) is 4.98 Å². The highest BCUT2D eigenvalue weighted by Gasteiger charge is 2.22. The number of benzene rings is 1. The lowest BCUT2D eigenvalue weighted by molar-refractivity contribution is -0.156. The highest BCUT2D eigenvalue weighted by Crippen LogP contribution is 2.19. The van der Waals surface area contributed by atoms with E-state index in [9.17, 15) is 4.79 Å². The molecule has 4 nitrogen and oxygen atoms in total. The van der Waals surface area contributed by atoms with Gasteiger partial charge in [0.05, 0.1) is 0 Å². The first-order valence-corrected chi connectivity index (χ1v) is 6.90. The van der Waals surface area contributed by atoms with Gasteiger partial charge in [-0.05, 0) is 45.2 Å². The molecule has 0 aliphatic carbocycles. The quantitative estimate of drug-likeness (QED) is 0.842. The lowest BCUT2D eigenvalue weighted by Gasteiger charge is -2.22. The van der Waals surface area contributed by atoms with Gasteiger partial charge < -0.3 is 15.5 Å². The lowest BCUT2D eigenvalue weighted by atomic mass is 10.0. The molecule has 0 radical (unpaired) electrons. The summed E-state index contributed by atoms with van der Waals surface area (Å²) in [6.45, 7) is 5.53. The van der Waals surface area contributed by atoms with Crippen molar-refractivity contribution >= 4 is 16.9 Å². The van der Waals surface area contributed by atoms with Crippen molar-refractivity contribution in [2.24, 2.45) is 5.73 Å². The van der Waals surface area contributed by atoms with E-state index in [0.717, 1.165) is 11.9 Å². The minimum Gasteiger partial charge on any atom is -0.459 e. The first kappa shape index (κ1) is 14.6. The average Bonchev–Trinajstić information content (AvgIpc) is 2.77. The van der Waals surface area contributed by atoms with Crippen molar-refractivity contribution in [2.45, 2.75) is 45.3 Å². The van der Waals surface area contributed by atoms with E-state index in [1.54, 1.807) is 0 Å². The third-order valence-electron chi connectivity index (χ3n) is 3.11. The summed E-state index contributed by atoms with van der Waals surface area (Å²) in [5.74, 6) is -0.336. The Morgan fingerprint density at radius 3 is 2.75 bits per heavy atom. The highest BCUT2D eigenvalue weighted by atomic mass is 16.6. The van der Waals surface area contributed by atoms with Crippen LogP contribution in [0.4, 0.5) is 0 Å². The third-order valence-corrected chi connectivity index (χ3v) is 3.11. The normalized spacial score (nSPS) is 13.4. The molecule has 1 unspecified atom stereocenters. The molecule has 0 spiro atoms.